The van der Waals surface area contributed by atoms with E-state index in [9.17, 15) is 5.26 Å². The molecule has 0 radical (unpaired) electrons. The van der Waals surface area contributed by atoms with E-state index in [1.165, 1.54) is 44.8 Å². The van der Waals surface area contributed by atoms with E-state index >= 15 is 0 Å². The number of fused-ring (bicyclic) bond motifs is 9. The summed E-state index contributed by atoms with van der Waals surface area (Å²) in [4.78, 5) is 2.43. The van der Waals surface area contributed by atoms with Crippen molar-refractivity contribution in [3.63, 3.8) is 0 Å². The predicted molar refractivity (Wildman–Crippen MR) is 186 cm³/mol. The Morgan fingerprint density at radius 2 is 1.07 bits per heavy atom. The number of hydrogen-bond acceptors (Lipinski definition) is 3. The van der Waals surface area contributed by atoms with Gasteiger partial charge in [-0.15, -0.1) is 0 Å². The van der Waals surface area contributed by atoms with E-state index in [4.69, 9.17) is 5.73 Å². The Hall–Kier alpha value is -5.59. The average molecular weight is 580 g/mol. The molecule has 0 aromatic heterocycles. The minimum Gasteiger partial charge on any atom is -0.398 e. The first kappa shape index (κ1) is 27.0. The molecule has 3 heteroatoms. The lowest BCUT2D eigenvalue weighted by molar-refractivity contribution is 0.632. The highest BCUT2D eigenvalue weighted by Crippen LogP contribution is 2.52. The van der Waals surface area contributed by atoms with E-state index in [-0.39, 0.29) is 5.41 Å². The lowest BCUT2D eigenvalue weighted by Gasteiger charge is -2.42. The van der Waals surface area contributed by atoms with Crippen LogP contribution in [-0.4, -0.2) is 0 Å². The standard InChI is InChI=1S/C42H33N3/c1-42(2)37-15-7-9-17-40(37)45(41-18-10-8-16-38(41)42)30-21-22-31-28(24-30)20-19-27-23-29(26-43)39(44)25-36(27)35-14-6-5-13-34(35)33-12-4-3-11-32(31)33/h3-18,21-25H,19-20,44H2,1-2H3. The van der Waals surface area contributed by atoms with E-state index in [2.05, 4.69) is 140 Å². The highest BCUT2D eigenvalue weighted by molar-refractivity contribution is 5.95. The second kappa shape index (κ2) is 10.3. The SMILES string of the molecule is CC1(C)c2ccccc2N(c2ccc3c(c2)CCc2cc(C#N)c(N)cc2-c2ccccc2-c2ccccc2-3)c2ccccc21. The molecule has 6 aromatic rings. The Balaban J connectivity index is 1.37. The van der Waals surface area contributed by atoms with E-state index in [0.29, 0.717) is 11.3 Å². The van der Waals surface area contributed by atoms with Crippen molar-refractivity contribution in [3.05, 3.63) is 155 Å². The van der Waals surface area contributed by atoms with Crippen LogP contribution in [0.1, 0.15) is 41.7 Å². The molecule has 2 aliphatic rings. The third-order valence-corrected chi connectivity index (χ3v) is 9.77. The van der Waals surface area contributed by atoms with Gasteiger partial charge in [0.05, 0.1) is 22.6 Å². The molecule has 3 nitrogen and oxygen atoms in total. The predicted octanol–water partition coefficient (Wildman–Crippen LogP) is 10.3. The molecule has 8 rings (SSSR count). The highest BCUT2D eigenvalue weighted by Gasteiger charge is 2.36. The van der Waals surface area contributed by atoms with Crippen LogP contribution in [0.3, 0.4) is 0 Å². The molecule has 1 heterocycles. The van der Waals surface area contributed by atoms with Gasteiger partial charge >= 0.3 is 0 Å². The Bertz CT molecular complexity index is 2130. The normalized spacial score (nSPS) is 14.0. The summed E-state index contributed by atoms with van der Waals surface area (Å²) in [5.74, 6) is 0. The quantitative estimate of drug-likeness (QED) is 0.197. The van der Waals surface area contributed by atoms with Gasteiger partial charge in [-0.05, 0) is 105 Å². The molecule has 1 aliphatic heterocycles. The molecule has 1 aliphatic carbocycles. The Morgan fingerprint density at radius 1 is 0.578 bits per heavy atom. The molecule has 0 saturated heterocycles. The molecular weight excluding hydrogens is 546 g/mol. The zero-order chi connectivity index (χ0) is 30.7. The second-order valence-electron chi connectivity index (χ2n) is 12.6. The summed E-state index contributed by atoms with van der Waals surface area (Å²) in [6.45, 7) is 4.65. The van der Waals surface area contributed by atoms with E-state index in [1.807, 2.05) is 12.1 Å². The zero-order valence-corrected chi connectivity index (χ0v) is 25.5. The summed E-state index contributed by atoms with van der Waals surface area (Å²) in [6.07, 6.45) is 1.61. The lowest BCUT2D eigenvalue weighted by Crippen LogP contribution is -2.30. The molecule has 6 aromatic carbocycles. The van der Waals surface area contributed by atoms with E-state index in [1.54, 1.807) is 0 Å². The number of rotatable bonds is 1. The van der Waals surface area contributed by atoms with Gasteiger partial charge in [-0.2, -0.15) is 5.26 Å². The van der Waals surface area contributed by atoms with Gasteiger partial charge in [0.15, 0.2) is 0 Å². The Kier molecular flexibility index (Phi) is 6.15. The Labute approximate surface area is 264 Å². The minimum absolute atomic E-state index is 0.111. The molecule has 0 spiro atoms. The molecule has 216 valence electrons. The van der Waals surface area contributed by atoms with Gasteiger partial charge in [0.2, 0.25) is 0 Å². The van der Waals surface area contributed by atoms with Crippen LogP contribution in [-0.2, 0) is 18.3 Å². The largest absolute Gasteiger partial charge is 0.398 e. The number of nitrogens with zero attached hydrogens (tertiary/aromatic N) is 2. The topological polar surface area (TPSA) is 53.0 Å². The van der Waals surface area contributed by atoms with Gasteiger partial charge in [0, 0.05) is 11.1 Å². The maximum absolute atomic E-state index is 9.87. The number of aryl methyl sites for hydroxylation is 2. The fourth-order valence-electron chi connectivity index (χ4n) is 7.53. The molecule has 45 heavy (non-hydrogen) atoms. The fourth-order valence-corrected chi connectivity index (χ4v) is 7.53. The number of nitriles is 1. The van der Waals surface area contributed by atoms with Crippen LogP contribution in [0.4, 0.5) is 22.7 Å². The smallest absolute Gasteiger partial charge is 0.101 e. The molecule has 0 unspecified atom stereocenters. The summed E-state index contributed by atoms with van der Waals surface area (Å²) < 4.78 is 0. The van der Waals surface area contributed by atoms with Crippen molar-refractivity contribution >= 4 is 22.7 Å². The number of benzene rings is 6. The van der Waals surface area contributed by atoms with Crippen molar-refractivity contribution in [2.45, 2.75) is 32.1 Å². The summed E-state index contributed by atoms with van der Waals surface area (Å²) in [5, 5.41) is 9.87. The fraction of sp³-hybridized carbons (Fsp3) is 0.119. The van der Waals surface area contributed by atoms with Gasteiger partial charge in [0.1, 0.15) is 6.07 Å². The highest BCUT2D eigenvalue weighted by atomic mass is 15.2. The van der Waals surface area contributed by atoms with Crippen molar-refractivity contribution in [2.24, 2.45) is 0 Å². The minimum atomic E-state index is -0.111. The van der Waals surface area contributed by atoms with Crippen LogP contribution in [0.25, 0.3) is 33.4 Å². The molecule has 0 saturated carbocycles. The monoisotopic (exact) mass is 579 g/mol. The van der Waals surface area contributed by atoms with Crippen molar-refractivity contribution in [1.82, 2.24) is 0 Å². The molecular formula is C42H33N3. The second-order valence-corrected chi connectivity index (χ2v) is 12.6. The van der Waals surface area contributed by atoms with Crippen LogP contribution in [0.15, 0.2) is 127 Å². The molecule has 2 N–H and O–H groups in total. The van der Waals surface area contributed by atoms with Gasteiger partial charge in [-0.3, -0.25) is 0 Å². The number of nitrogen functional groups attached to an aromatic ring is 1. The number of para-hydroxylation sites is 2. The van der Waals surface area contributed by atoms with Gasteiger partial charge in [-0.1, -0.05) is 105 Å². The van der Waals surface area contributed by atoms with E-state index in [0.717, 1.165) is 40.8 Å². The van der Waals surface area contributed by atoms with Crippen LogP contribution in [0.2, 0.25) is 0 Å². The first-order valence-corrected chi connectivity index (χ1v) is 15.6. The number of anilines is 4. The zero-order valence-electron chi connectivity index (χ0n) is 25.5. The van der Waals surface area contributed by atoms with Crippen LogP contribution in [0.5, 0.6) is 0 Å². The van der Waals surface area contributed by atoms with Gasteiger partial charge < -0.3 is 10.6 Å². The van der Waals surface area contributed by atoms with Crippen molar-refractivity contribution in [3.8, 4) is 39.4 Å². The van der Waals surface area contributed by atoms with Crippen molar-refractivity contribution in [1.29, 1.82) is 5.26 Å². The van der Waals surface area contributed by atoms with Crippen LogP contribution < -0.4 is 10.6 Å². The molecule has 0 atom stereocenters. The lowest BCUT2D eigenvalue weighted by atomic mass is 9.73. The summed E-state index contributed by atoms with van der Waals surface area (Å²) in [6, 6.07) is 48.2. The summed E-state index contributed by atoms with van der Waals surface area (Å²) >= 11 is 0. The van der Waals surface area contributed by atoms with Crippen LogP contribution >= 0.6 is 0 Å². The Morgan fingerprint density at radius 3 is 1.64 bits per heavy atom. The number of hydrogen-bond donors (Lipinski definition) is 1. The summed E-state index contributed by atoms with van der Waals surface area (Å²) in [7, 11) is 0. The van der Waals surface area contributed by atoms with Gasteiger partial charge in [-0.25, -0.2) is 0 Å². The summed E-state index contributed by atoms with van der Waals surface area (Å²) in [5.41, 5.74) is 23.0. The van der Waals surface area contributed by atoms with Crippen LogP contribution in [0, 0.1) is 11.3 Å². The maximum atomic E-state index is 9.87. The van der Waals surface area contributed by atoms with E-state index < -0.39 is 0 Å². The third kappa shape index (κ3) is 4.18. The van der Waals surface area contributed by atoms with Crippen molar-refractivity contribution in [2.75, 3.05) is 10.6 Å². The first-order valence-electron chi connectivity index (χ1n) is 15.6. The third-order valence-electron chi connectivity index (χ3n) is 9.77. The first-order chi connectivity index (χ1) is 22.0. The van der Waals surface area contributed by atoms with Crippen molar-refractivity contribution < 1.29 is 0 Å². The maximum Gasteiger partial charge on any atom is 0.101 e. The number of nitrogens with two attached hydrogens (primary N) is 1. The molecule has 0 amide bonds. The molecule has 0 bridgehead atoms. The van der Waals surface area contributed by atoms with Gasteiger partial charge in [0.25, 0.3) is 0 Å². The molecule has 0 fully saturated rings. The average Bonchev–Trinajstić information content (AvgIpc) is 3.08.